The number of aromatic nitrogens is 4. The maximum atomic E-state index is 12.4. The van der Waals surface area contributed by atoms with Gasteiger partial charge in [-0.1, -0.05) is 18.6 Å². The summed E-state index contributed by atoms with van der Waals surface area (Å²) in [5.41, 5.74) is 2.06. The fraction of sp³-hybridized carbons (Fsp3) is 0.556. The highest BCUT2D eigenvalue weighted by Gasteiger charge is 2.59. The molecule has 7 nitrogen and oxygen atoms in total. The van der Waals surface area contributed by atoms with Gasteiger partial charge in [-0.2, -0.15) is 0 Å². The Balaban J connectivity index is 1.34. The van der Waals surface area contributed by atoms with E-state index in [2.05, 4.69) is 20.8 Å². The lowest BCUT2D eigenvalue weighted by atomic mass is 9.51. The Morgan fingerprint density at radius 3 is 2.76 bits per heavy atom. The number of amides is 1. The summed E-state index contributed by atoms with van der Waals surface area (Å²) in [5, 5.41) is 14.3. The molecule has 0 unspecified atom stereocenters. The van der Waals surface area contributed by atoms with Gasteiger partial charge in [-0.25, -0.2) is 4.68 Å². The predicted molar refractivity (Wildman–Crippen MR) is 91.1 cm³/mol. The molecule has 0 aliphatic heterocycles. The summed E-state index contributed by atoms with van der Waals surface area (Å²) in [7, 11) is 0. The first kappa shape index (κ1) is 16.2. The van der Waals surface area contributed by atoms with Crippen molar-refractivity contribution in [1.82, 2.24) is 25.5 Å². The number of benzene rings is 1. The Morgan fingerprint density at radius 1 is 1.36 bits per heavy atom. The van der Waals surface area contributed by atoms with Gasteiger partial charge in [0.25, 0.3) is 0 Å². The van der Waals surface area contributed by atoms with Gasteiger partial charge in [0.1, 0.15) is 6.33 Å². The second-order valence-corrected chi connectivity index (χ2v) is 6.98. The Labute approximate surface area is 146 Å². The molecule has 2 aliphatic carbocycles. The van der Waals surface area contributed by atoms with E-state index in [4.69, 9.17) is 4.74 Å². The largest absolute Gasteiger partial charge is 0.378 e. The van der Waals surface area contributed by atoms with E-state index < -0.39 is 0 Å². The van der Waals surface area contributed by atoms with E-state index in [0.29, 0.717) is 12.5 Å². The number of tetrazole rings is 1. The Kier molecular flexibility index (Phi) is 4.25. The van der Waals surface area contributed by atoms with E-state index in [1.54, 1.807) is 11.0 Å². The third-order valence-corrected chi connectivity index (χ3v) is 5.69. The summed E-state index contributed by atoms with van der Waals surface area (Å²) in [6.45, 7) is 2.79. The first-order valence-electron chi connectivity index (χ1n) is 8.94. The molecule has 2 fully saturated rings. The van der Waals surface area contributed by atoms with E-state index in [1.165, 1.54) is 19.3 Å². The smallest absolute Gasteiger partial charge is 0.224 e. The van der Waals surface area contributed by atoms with Gasteiger partial charge in [0.15, 0.2) is 0 Å². The summed E-state index contributed by atoms with van der Waals surface area (Å²) in [5.74, 6) is 0.0846. The lowest BCUT2D eigenvalue weighted by Gasteiger charge is -2.61. The minimum absolute atomic E-state index is 0.0846. The van der Waals surface area contributed by atoms with Gasteiger partial charge in [0.2, 0.25) is 5.91 Å². The first-order chi connectivity index (χ1) is 12.2. The third-order valence-electron chi connectivity index (χ3n) is 5.69. The van der Waals surface area contributed by atoms with Crippen LogP contribution in [0.2, 0.25) is 0 Å². The number of nitrogens with zero attached hydrogens (tertiary/aromatic N) is 4. The van der Waals surface area contributed by atoms with Crippen LogP contribution in [0.5, 0.6) is 0 Å². The summed E-state index contributed by atoms with van der Waals surface area (Å²) < 4.78 is 7.43. The van der Waals surface area contributed by atoms with Gasteiger partial charge in [-0.15, -0.1) is 5.10 Å². The third kappa shape index (κ3) is 2.93. The van der Waals surface area contributed by atoms with Crippen molar-refractivity contribution in [3.05, 3.63) is 36.2 Å². The standard InChI is InChI=1S/C18H23N5O2/c1-2-25-16-11-15(18(16)8-3-9-18)20-17(24)10-13-4-6-14(7-5-13)23-12-19-21-22-23/h4-7,12,15-16H,2-3,8-11H2,1H3,(H,20,24)/t15-,16+/m1/s1. The van der Waals surface area contributed by atoms with Gasteiger partial charge in [0.05, 0.1) is 18.2 Å². The Hall–Kier alpha value is -2.28. The van der Waals surface area contributed by atoms with Crippen LogP contribution in [0.4, 0.5) is 0 Å². The predicted octanol–water partition coefficient (Wildman–Crippen LogP) is 1.67. The average molecular weight is 341 g/mol. The maximum Gasteiger partial charge on any atom is 0.224 e. The van der Waals surface area contributed by atoms with E-state index in [1.807, 2.05) is 31.2 Å². The molecule has 4 rings (SSSR count). The Bertz CT molecular complexity index is 724. The van der Waals surface area contributed by atoms with Gasteiger partial charge >= 0.3 is 0 Å². The van der Waals surface area contributed by atoms with Crippen LogP contribution in [0.15, 0.2) is 30.6 Å². The van der Waals surface area contributed by atoms with Crippen molar-refractivity contribution in [2.45, 2.75) is 51.2 Å². The molecule has 2 aliphatic rings. The highest BCUT2D eigenvalue weighted by Crippen LogP contribution is 2.57. The van der Waals surface area contributed by atoms with Crippen LogP contribution in [0, 0.1) is 5.41 Å². The van der Waals surface area contributed by atoms with Crippen molar-refractivity contribution in [2.24, 2.45) is 5.41 Å². The Morgan fingerprint density at radius 2 is 2.16 bits per heavy atom. The molecule has 1 heterocycles. The fourth-order valence-electron chi connectivity index (χ4n) is 4.12. The van der Waals surface area contributed by atoms with E-state index in [-0.39, 0.29) is 17.4 Å². The molecule has 0 saturated heterocycles. The quantitative estimate of drug-likeness (QED) is 0.864. The van der Waals surface area contributed by atoms with Crippen LogP contribution in [0.1, 0.15) is 38.2 Å². The monoisotopic (exact) mass is 341 g/mol. The van der Waals surface area contributed by atoms with Crippen LogP contribution in [-0.4, -0.2) is 44.9 Å². The van der Waals surface area contributed by atoms with Crippen molar-refractivity contribution < 1.29 is 9.53 Å². The molecule has 2 atom stereocenters. The minimum atomic E-state index is 0.0846. The molecule has 1 spiro atoms. The molecule has 0 bridgehead atoms. The molecule has 132 valence electrons. The van der Waals surface area contributed by atoms with Gasteiger partial charge in [0, 0.05) is 18.1 Å². The highest BCUT2D eigenvalue weighted by atomic mass is 16.5. The zero-order valence-corrected chi connectivity index (χ0v) is 14.4. The minimum Gasteiger partial charge on any atom is -0.378 e. The number of carbonyl (C=O) groups excluding carboxylic acids is 1. The lowest BCUT2D eigenvalue weighted by Crippen LogP contribution is -2.67. The van der Waals surface area contributed by atoms with E-state index in [0.717, 1.165) is 24.3 Å². The van der Waals surface area contributed by atoms with Crippen LogP contribution in [0.3, 0.4) is 0 Å². The van der Waals surface area contributed by atoms with Gasteiger partial charge in [-0.3, -0.25) is 4.79 Å². The summed E-state index contributed by atoms with van der Waals surface area (Å²) in [6.07, 6.45) is 6.79. The van der Waals surface area contributed by atoms with Crippen molar-refractivity contribution in [2.75, 3.05) is 6.61 Å². The number of carbonyl (C=O) groups is 1. The van der Waals surface area contributed by atoms with E-state index >= 15 is 0 Å². The summed E-state index contributed by atoms with van der Waals surface area (Å²) >= 11 is 0. The second-order valence-electron chi connectivity index (χ2n) is 6.98. The molecule has 1 amide bonds. The zero-order chi connectivity index (χ0) is 17.3. The van der Waals surface area contributed by atoms with Crippen molar-refractivity contribution in [3.8, 4) is 5.69 Å². The molecule has 7 heteroatoms. The molecule has 0 radical (unpaired) electrons. The molecule has 1 aromatic carbocycles. The van der Waals surface area contributed by atoms with Gasteiger partial charge < -0.3 is 10.1 Å². The fourth-order valence-corrected chi connectivity index (χ4v) is 4.12. The SMILES string of the molecule is CCO[C@H]1C[C@@H](NC(=O)Cc2ccc(-n3cnnn3)cc2)C12CCC2. The van der Waals surface area contributed by atoms with Crippen molar-refractivity contribution in [3.63, 3.8) is 0 Å². The number of nitrogens with one attached hydrogen (secondary N) is 1. The maximum absolute atomic E-state index is 12.4. The summed E-state index contributed by atoms with van der Waals surface area (Å²) in [6, 6.07) is 7.99. The molecular formula is C18H23N5O2. The van der Waals surface area contributed by atoms with Gasteiger partial charge in [-0.05, 0) is 54.3 Å². The molecular weight excluding hydrogens is 318 g/mol. The van der Waals surface area contributed by atoms with Crippen LogP contribution in [0.25, 0.3) is 5.69 Å². The number of rotatable bonds is 6. The van der Waals surface area contributed by atoms with E-state index in [9.17, 15) is 4.79 Å². The molecule has 1 N–H and O–H groups in total. The topological polar surface area (TPSA) is 81.9 Å². The van der Waals surface area contributed by atoms with Crippen LogP contribution < -0.4 is 5.32 Å². The zero-order valence-electron chi connectivity index (χ0n) is 14.4. The normalized spacial score (nSPS) is 23.7. The highest BCUT2D eigenvalue weighted by molar-refractivity contribution is 5.79. The van der Waals surface area contributed by atoms with Crippen LogP contribution in [-0.2, 0) is 16.0 Å². The number of hydrogen-bond donors (Lipinski definition) is 1. The van der Waals surface area contributed by atoms with Crippen molar-refractivity contribution in [1.29, 1.82) is 0 Å². The van der Waals surface area contributed by atoms with Crippen molar-refractivity contribution >= 4 is 5.91 Å². The number of ether oxygens (including phenoxy) is 1. The molecule has 25 heavy (non-hydrogen) atoms. The van der Waals surface area contributed by atoms with Crippen LogP contribution >= 0.6 is 0 Å². The number of hydrogen-bond acceptors (Lipinski definition) is 5. The molecule has 1 aromatic heterocycles. The average Bonchev–Trinajstić information content (AvgIpc) is 3.07. The first-order valence-corrected chi connectivity index (χ1v) is 8.94. The molecule has 2 saturated carbocycles. The molecule has 2 aromatic rings. The second kappa shape index (κ2) is 6.55. The summed E-state index contributed by atoms with van der Waals surface area (Å²) in [4.78, 5) is 12.4. The lowest BCUT2D eigenvalue weighted by molar-refractivity contribution is -0.175.